The monoisotopic (exact) mass is 196 g/mol. The summed E-state index contributed by atoms with van der Waals surface area (Å²) >= 11 is 5.12. The Morgan fingerprint density at radius 1 is 1.69 bits per heavy atom. The molecule has 0 aromatic carbocycles. The second kappa shape index (κ2) is 4.33. The van der Waals surface area contributed by atoms with Gasteiger partial charge in [0.1, 0.15) is 0 Å². The molecule has 0 aliphatic heterocycles. The number of esters is 1. The van der Waals surface area contributed by atoms with Crippen molar-refractivity contribution in [1.82, 2.24) is 0 Å². The molecule has 0 saturated heterocycles. The predicted molar refractivity (Wildman–Crippen MR) is 55.6 cm³/mol. The van der Waals surface area contributed by atoms with E-state index in [1.54, 1.807) is 6.08 Å². The maximum Gasteiger partial charge on any atom is 0.338 e. The lowest BCUT2D eigenvalue weighted by atomic mass is 10.0. The van der Waals surface area contributed by atoms with Gasteiger partial charge in [-0.05, 0) is 18.4 Å². The van der Waals surface area contributed by atoms with Gasteiger partial charge in [-0.3, -0.25) is 0 Å². The first-order chi connectivity index (χ1) is 6.15. The van der Waals surface area contributed by atoms with Crippen LogP contribution in [0.5, 0.6) is 0 Å². The van der Waals surface area contributed by atoms with E-state index in [1.807, 2.05) is 12.2 Å². The fourth-order valence-electron chi connectivity index (χ4n) is 1.20. The van der Waals surface area contributed by atoms with Crippen LogP contribution in [0.15, 0.2) is 23.8 Å². The Morgan fingerprint density at radius 3 is 3.00 bits per heavy atom. The van der Waals surface area contributed by atoms with Crippen LogP contribution in [0.2, 0.25) is 0 Å². The predicted octanol–water partition coefficient (Wildman–Crippen LogP) is 2.05. The van der Waals surface area contributed by atoms with Crippen molar-refractivity contribution in [2.75, 3.05) is 7.11 Å². The third-order valence-corrected chi connectivity index (χ3v) is 2.30. The smallest absolute Gasteiger partial charge is 0.338 e. The molecule has 0 bridgehead atoms. The van der Waals surface area contributed by atoms with E-state index >= 15 is 0 Å². The summed E-state index contributed by atoms with van der Waals surface area (Å²) in [6.45, 7) is 2.07. The van der Waals surface area contributed by atoms with Crippen molar-refractivity contribution in [3.05, 3.63) is 23.8 Å². The van der Waals surface area contributed by atoms with Crippen molar-refractivity contribution in [2.24, 2.45) is 5.92 Å². The van der Waals surface area contributed by atoms with Gasteiger partial charge in [0.05, 0.1) is 12.7 Å². The molecule has 0 N–H and O–H groups in total. The lowest BCUT2D eigenvalue weighted by molar-refractivity contribution is -0.135. The van der Waals surface area contributed by atoms with Crippen LogP contribution < -0.4 is 0 Å². The highest BCUT2D eigenvalue weighted by Crippen LogP contribution is 2.16. The van der Waals surface area contributed by atoms with Gasteiger partial charge in [0.25, 0.3) is 0 Å². The molecule has 0 spiro atoms. The number of hydrogen-bond acceptors (Lipinski definition) is 3. The van der Waals surface area contributed by atoms with E-state index in [2.05, 4.69) is 11.7 Å². The zero-order valence-electron chi connectivity index (χ0n) is 7.74. The van der Waals surface area contributed by atoms with Gasteiger partial charge in [-0.25, -0.2) is 4.79 Å². The molecule has 0 fully saturated rings. The first kappa shape index (κ1) is 10.1. The quantitative estimate of drug-likeness (QED) is 0.474. The molecule has 0 amide bonds. The van der Waals surface area contributed by atoms with E-state index in [0.29, 0.717) is 16.4 Å². The number of rotatable bonds is 1. The third-order valence-electron chi connectivity index (χ3n) is 1.92. The molecule has 2 nitrogen and oxygen atoms in total. The largest absolute Gasteiger partial charge is 0.465 e. The van der Waals surface area contributed by atoms with Gasteiger partial charge >= 0.3 is 5.97 Å². The summed E-state index contributed by atoms with van der Waals surface area (Å²) in [7, 11) is 1.36. The second-order valence-electron chi connectivity index (χ2n) is 3.06. The maximum atomic E-state index is 11.2. The van der Waals surface area contributed by atoms with Crippen LogP contribution >= 0.6 is 12.2 Å². The molecule has 1 rings (SSSR count). The van der Waals surface area contributed by atoms with Crippen LogP contribution in [-0.4, -0.2) is 17.9 Å². The summed E-state index contributed by atoms with van der Waals surface area (Å²) < 4.78 is 4.62. The highest BCUT2D eigenvalue weighted by Gasteiger charge is 2.17. The summed E-state index contributed by atoms with van der Waals surface area (Å²) in [6, 6.07) is 0. The first-order valence-electron chi connectivity index (χ1n) is 4.15. The van der Waals surface area contributed by atoms with Gasteiger partial charge < -0.3 is 4.74 Å². The number of thiocarbonyl (C=S) groups is 1. The van der Waals surface area contributed by atoms with Crippen LogP contribution in [0, 0.1) is 5.92 Å². The summed E-state index contributed by atoms with van der Waals surface area (Å²) in [5, 5.41) is 0. The Balaban J connectivity index is 2.86. The molecule has 0 heterocycles. The number of carbonyl (C=O) groups excluding carboxylic acids is 1. The summed E-state index contributed by atoms with van der Waals surface area (Å²) in [4.78, 5) is 11.9. The van der Waals surface area contributed by atoms with Crippen molar-refractivity contribution in [1.29, 1.82) is 0 Å². The van der Waals surface area contributed by atoms with Gasteiger partial charge in [0.15, 0.2) is 0 Å². The Hall–Kier alpha value is -0.960. The Labute approximate surface area is 83.3 Å². The molecule has 1 unspecified atom stereocenters. The molecular weight excluding hydrogens is 184 g/mol. The topological polar surface area (TPSA) is 26.3 Å². The van der Waals surface area contributed by atoms with Gasteiger partial charge in [-0.1, -0.05) is 31.3 Å². The number of ether oxygens (including phenoxy) is 1. The van der Waals surface area contributed by atoms with Crippen molar-refractivity contribution < 1.29 is 9.53 Å². The lowest BCUT2D eigenvalue weighted by Crippen LogP contribution is -2.13. The Morgan fingerprint density at radius 2 is 2.38 bits per heavy atom. The average molecular weight is 196 g/mol. The van der Waals surface area contributed by atoms with E-state index in [1.165, 1.54) is 7.11 Å². The van der Waals surface area contributed by atoms with Crippen LogP contribution in [0.3, 0.4) is 0 Å². The SMILES string of the molecule is COC(=O)C1=CC=CC(C)CC1=S. The van der Waals surface area contributed by atoms with Crippen molar-refractivity contribution in [3.8, 4) is 0 Å². The Kier molecular flexibility index (Phi) is 3.37. The second-order valence-corrected chi connectivity index (χ2v) is 3.55. The number of methoxy groups -OCH3 is 1. The van der Waals surface area contributed by atoms with Gasteiger partial charge in [-0.15, -0.1) is 0 Å². The molecule has 0 saturated carbocycles. The molecular formula is C10H12O2S. The molecule has 0 aromatic rings. The van der Waals surface area contributed by atoms with E-state index in [9.17, 15) is 4.79 Å². The van der Waals surface area contributed by atoms with Crippen LogP contribution in [-0.2, 0) is 9.53 Å². The number of hydrogen-bond donors (Lipinski definition) is 0. The molecule has 0 aromatic heterocycles. The fraction of sp³-hybridized carbons (Fsp3) is 0.400. The van der Waals surface area contributed by atoms with E-state index in [4.69, 9.17) is 12.2 Å². The zero-order valence-corrected chi connectivity index (χ0v) is 8.56. The summed E-state index contributed by atoms with van der Waals surface area (Å²) in [5.41, 5.74) is 0.512. The minimum atomic E-state index is -0.344. The average Bonchev–Trinajstić information content (AvgIpc) is 2.25. The van der Waals surface area contributed by atoms with Crippen molar-refractivity contribution in [2.45, 2.75) is 13.3 Å². The number of allylic oxidation sites excluding steroid dienone is 3. The molecule has 1 aliphatic carbocycles. The highest BCUT2D eigenvalue weighted by molar-refractivity contribution is 7.81. The number of carbonyl (C=O) groups is 1. The molecule has 1 atom stereocenters. The van der Waals surface area contributed by atoms with Crippen molar-refractivity contribution in [3.63, 3.8) is 0 Å². The highest BCUT2D eigenvalue weighted by atomic mass is 32.1. The zero-order chi connectivity index (χ0) is 9.84. The van der Waals surface area contributed by atoms with E-state index in [-0.39, 0.29) is 5.97 Å². The maximum absolute atomic E-state index is 11.2. The molecule has 13 heavy (non-hydrogen) atoms. The molecule has 70 valence electrons. The van der Waals surface area contributed by atoms with Crippen molar-refractivity contribution >= 4 is 23.1 Å². The van der Waals surface area contributed by atoms with Gasteiger partial charge in [0, 0.05) is 4.86 Å². The molecule has 3 heteroatoms. The fourth-order valence-corrected chi connectivity index (χ4v) is 1.61. The van der Waals surface area contributed by atoms with Gasteiger partial charge in [0.2, 0.25) is 0 Å². The third kappa shape index (κ3) is 2.49. The summed E-state index contributed by atoms with van der Waals surface area (Å²) in [5.74, 6) is 0.0506. The lowest BCUT2D eigenvalue weighted by Gasteiger charge is -2.06. The minimum absolute atomic E-state index is 0.344. The molecule has 1 aliphatic rings. The van der Waals surface area contributed by atoms with E-state index < -0.39 is 0 Å². The normalized spacial score (nSPS) is 22.2. The van der Waals surface area contributed by atoms with Crippen LogP contribution in [0.1, 0.15) is 13.3 Å². The Bertz CT molecular complexity index is 289. The van der Waals surface area contributed by atoms with Crippen LogP contribution in [0.25, 0.3) is 0 Å². The minimum Gasteiger partial charge on any atom is -0.465 e. The van der Waals surface area contributed by atoms with Crippen LogP contribution in [0.4, 0.5) is 0 Å². The summed E-state index contributed by atoms with van der Waals surface area (Å²) in [6.07, 6.45) is 6.35. The first-order valence-corrected chi connectivity index (χ1v) is 4.56. The molecule has 0 radical (unpaired) electrons. The standard InChI is InChI=1S/C10H12O2S/c1-7-4-3-5-8(9(13)6-7)10(11)12-2/h3-5,7H,6H2,1-2H3. The van der Waals surface area contributed by atoms with Gasteiger partial charge in [-0.2, -0.15) is 0 Å². The van der Waals surface area contributed by atoms with E-state index in [0.717, 1.165) is 6.42 Å².